The Hall–Kier alpha value is -2.62. The fraction of sp³-hybridized carbons (Fsp3) is 0. The molecule has 0 saturated carbocycles. The molecular formula is C14H14N3O+. The number of aromatic nitrogens is 1. The van der Waals surface area contributed by atoms with Crippen molar-refractivity contribution >= 4 is 17.8 Å². The summed E-state index contributed by atoms with van der Waals surface area (Å²) in [5.41, 5.74) is 4.41. The highest BCUT2D eigenvalue weighted by Crippen LogP contribution is 2.09. The number of carbonyl (C=O) groups is 1. The minimum absolute atomic E-state index is 0.294. The SMILES string of the molecule is C=Cc1ccc(NC(=O)N[n+]2ccccc2)cc1. The van der Waals surface area contributed by atoms with E-state index >= 15 is 0 Å². The standard InChI is InChI=1S/C14H13N3O/c1-2-12-6-8-13(9-7-12)15-14(18)16-17-10-4-3-5-11-17/h2-11H,1H2,(H-,15,16,18)/p+1. The average Bonchev–Trinajstić information content (AvgIpc) is 2.40. The summed E-state index contributed by atoms with van der Waals surface area (Å²) < 4.78 is 1.58. The van der Waals surface area contributed by atoms with Gasteiger partial charge in [-0.25, -0.2) is 4.79 Å². The van der Waals surface area contributed by atoms with E-state index in [1.54, 1.807) is 23.1 Å². The highest BCUT2D eigenvalue weighted by Gasteiger charge is 2.06. The minimum Gasteiger partial charge on any atom is -0.304 e. The first-order valence-electron chi connectivity index (χ1n) is 5.55. The molecular weight excluding hydrogens is 226 g/mol. The van der Waals surface area contributed by atoms with Gasteiger partial charge in [-0.1, -0.05) is 35.5 Å². The van der Waals surface area contributed by atoms with E-state index in [2.05, 4.69) is 17.3 Å². The molecule has 2 rings (SSSR count). The maximum Gasteiger partial charge on any atom is 0.372 e. The molecule has 0 unspecified atom stereocenters. The molecule has 0 fully saturated rings. The van der Waals surface area contributed by atoms with Crippen molar-refractivity contribution in [3.8, 4) is 0 Å². The normalized spacial score (nSPS) is 9.56. The first-order chi connectivity index (χ1) is 8.78. The minimum atomic E-state index is -0.294. The van der Waals surface area contributed by atoms with Crippen LogP contribution in [0, 0.1) is 0 Å². The van der Waals surface area contributed by atoms with Gasteiger partial charge in [0, 0.05) is 17.8 Å². The Bertz CT molecular complexity index is 535. The number of anilines is 1. The summed E-state index contributed by atoms with van der Waals surface area (Å²) in [5, 5.41) is 2.74. The number of benzene rings is 1. The number of hydrogen-bond donors (Lipinski definition) is 2. The summed E-state index contributed by atoms with van der Waals surface area (Å²) in [6.07, 6.45) is 5.25. The molecule has 4 nitrogen and oxygen atoms in total. The van der Waals surface area contributed by atoms with E-state index in [-0.39, 0.29) is 6.03 Å². The van der Waals surface area contributed by atoms with E-state index < -0.39 is 0 Å². The van der Waals surface area contributed by atoms with Gasteiger partial charge in [-0.2, -0.15) is 0 Å². The smallest absolute Gasteiger partial charge is 0.304 e. The van der Waals surface area contributed by atoms with Crippen molar-refractivity contribution in [3.63, 3.8) is 0 Å². The second-order valence-corrected chi connectivity index (χ2v) is 3.67. The van der Waals surface area contributed by atoms with Gasteiger partial charge in [0.1, 0.15) is 0 Å². The Morgan fingerprint density at radius 2 is 1.78 bits per heavy atom. The molecule has 0 aliphatic carbocycles. The zero-order chi connectivity index (χ0) is 12.8. The van der Waals surface area contributed by atoms with Gasteiger partial charge < -0.3 is 5.32 Å². The molecule has 0 spiro atoms. The number of pyridine rings is 1. The molecule has 2 N–H and O–H groups in total. The van der Waals surface area contributed by atoms with Crippen molar-refractivity contribution in [2.45, 2.75) is 0 Å². The Balaban J connectivity index is 1.96. The molecule has 0 aliphatic heterocycles. The predicted molar refractivity (Wildman–Crippen MR) is 71.5 cm³/mol. The molecule has 1 aromatic heterocycles. The van der Waals surface area contributed by atoms with E-state index in [1.807, 2.05) is 42.5 Å². The largest absolute Gasteiger partial charge is 0.372 e. The molecule has 1 heterocycles. The van der Waals surface area contributed by atoms with Crippen LogP contribution in [0.2, 0.25) is 0 Å². The first kappa shape index (κ1) is 11.9. The average molecular weight is 240 g/mol. The van der Waals surface area contributed by atoms with Crippen molar-refractivity contribution < 1.29 is 9.47 Å². The summed E-state index contributed by atoms with van der Waals surface area (Å²) in [5.74, 6) is 0. The number of hydrogen-bond acceptors (Lipinski definition) is 1. The van der Waals surface area contributed by atoms with Crippen LogP contribution >= 0.6 is 0 Å². The van der Waals surface area contributed by atoms with Gasteiger partial charge in [0.05, 0.1) is 0 Å². The zero-order valence-electron chi connectivity index (χ0n) is 9.84. The van der Waals surface area contributed by atoms with Gasteiger partial charge >= 0.3 is 6.03 Å². The van der Waals surface area contributed by atoms with Crippen LogP contribution in [0.4, 0.5) is 10.5 Å². The molecule has 2 amide bonds. The quantitative estimate of drug-likeness (QED) is 0.795. The molecule has 0 aliphatic rings. The van der Waals surface area contributed by atoms with Crippen molar-refractivity contribution in [2.24, 2.45) is 0 Å². The lowest BCUT2D eigenvalue weighted by Gasteiger charge is -2.03. The second-order valence-electron chi connectivity index (χ2n) is 3.67. The summed E-state index contributed by atoms with van der Waals surface area (Å²) in [6, 6.07) is 12.7. The van der Waals surface area contributed by atoms with Crippen LogP contribution < -0.4 is 15.4 Å². The maximum absolute atomic E-state index is 11.7. The Morgan fingerprint density at radius 1 is 1.11 bits per heavy atom. The van der Waals surface area contributed by atoms with Crippen molar-refractivity contribution in [1.29, 1.82) is 0 Å². The Labute approximate surface area is 106 Å². The third-order valence-corrected chi connectivity index (χ3v) is 2.35. The topological polar surface area (TPSA) is 45.0 Å². The van der Waals surface area contributed by atoms with Crippen molar-refractivity contribution in [1.82, 2.24) is 0 Å². The summed E-state index contributed by atoms with van der Waals surface area (Å²) in [6.45, 7) is 3.67. The van der Waals surface area contributed by atoms with E-state index in [0.29, 0.717) is 0 Å². The first-order valence-corrected chi connectivity index (χ1v) is 5.55. The van der Waals surface area contributed by atoms with Crippen LogP contribution in [0.25, 0.3) is 6.08 Å². The van der Waals surface area contributed by atoms with Crippen LogP contribution in [0.15, 0.2) is 61.4 Å². The lowest BCUT2D eigenvalue weighted by molar-refractivity contribution is -0.641. The highest BCUT2D eigenvalue weighted by molar-refractivity contribution is 5.93. The highest BCUT2D eigenvalue weighted by atomic mass is 16.2. The summed E-state index contributed by atoms with van der Waals surface area (Å²) in [7, 11) is 0. The number of carbonyl (C=O) groups excluding carboxylic acids is 1. The molecule has 18 heavy (non-hydrogen) atoms. The molecule has 0 bridgehead atoms. The number of amides is 2. The summed E-state index contributed by atoms with van der Waals surface area (Å²) in [4.78, 5) is 11.7. The van der Waals surface area contributed by atoms with Crippen molar-refractivity contribution in [3.05, 3.63) is 67.0 Å². The Kier molecular flexibility index (Phi) is 3.71. The van der Waals surface area contributed by atoms with E-state index in [9.17, 15) is 4.79 Å². The molecule has 90 valence electrons. The molecule has 2 aromatic rings. The second kappa shape index (κ2) is 5.63. The molecule has 4 heteroatoms. The fourth-order valence-corrected chi connectivity index (χ4v) is 1.45. The fourth-order valence-electron chi connectivity index (χ4n) is 1.45. The maximum atomic E-state index is 11.7. The van der Waals surface area contributed by atoms with E-state index in [1.165, 1.54) is 0 Å². The van der Waals surface area contributed by atoms with E-state index in [4.69, 9.17) is 0 Å². The van der Waals surface area contributed by atoms with Crippen LogP contribution in [0.5, 0.6) is 0 Å². The van der Waals surface area contributed by atoms with Crippen LogP contribution in [0.3, 0.4) is 0 Å². The van der Waals surface area contributed by atoms with Gasteiger partial charge in [-0.05, 0) is 17.7 Å². The predicted octanol–water partition coefficient (Wildman–Crippen LogP) is 2.39. The van der Waals surface area contributed by atoms with Gasteiger partial charge in [0.25, 0.3) is 0 Å². The molecule has 0 radical (unpaired) electrons. The third kappa shape index (κ3) is 3.18. The van der Waals surface area contributed by atoms with Gasteiger partial charge in [0.2, 0.25) is 0 Å². The lowest BCUT2D eigenvalue weighted by atomic mass is 10.2. The van der Waals surface area contributed by atoms with Gasteiger partial charge in [-0.3, -0.25) is 0 Å². The van der Waals surface area contributed by atoms with Gasteiger partial charge in [0.15, 0.2) is 12.4 Å². The van der Waals surface area contributed by atoms with Crippen molar-refractivity contribution in [2.75, 3.05) is 10.7 Å². The molecule has 1 aromatic carbocycles. The van der Waals surface area contributed by atoms with Crippen LogP contribution in [-0.4, -0.2) is 6.03 Å². The monoisotopic (exact) mass is 240 g/mol. The molecule has 0 atom stereocenters. The number of nitrogens with zero attached hydrogens (tertiary/aromatic N) is 1. The lowest BCUT2D eigenvalue weighted by Crippen LogP contribution is -2.49. The Morgan fingerprint density at radius 3 is 2.39 bits per heavy atom. The third-order valence-electron chi connectivity index (χ3n) is 2.35. The number of rotatable bonds is 3. The van der Waals surface area contributed by atoms with Crippen LogP contribution in [-0.2, 0) is 0 Å². The van der Waals surface area contributed by atoms with Gasteiger partial charge in [-0.15, -0.1) is 5.43 Å². The molecule has 0 saturated heterocycles. The van der Waals surface area contributed by atoms with E-state index in [0.717, 1.165) is 11.3 Å². The number of urea groups is 1. The number of nitrogens with one attached hydrogen (secondary N) is 2. The zero-order valence-corrected chi connectivity index (χ0v) is 9.84. The summed E-state index contributed by atoms with van der Waals surface area (Å²) >= 11 is 0. The van der Waals surface area contributed by atoms with Crippen LogP contribution in [0.1, 0.15) is 5.56 Å².